The summed E-state index contributed by atoms with van der Waals surface area (Å²) in [7, 11) is 1.62. The average molecular weight is 439 g/mol. The second kappa shape index (κ2) is 13.6. The first-order valence-electron chi connectivity index (χ1n) is 10.2. The van der Waals surface area contributed by atoms with Gasteiger partial charge in [-0.05, 0) is 30.7 Å². The summed E-state index contributed by atoms with van der Waals surface area (Å²) in [6.45, 7) is 4.08. The van der Waals surface area contributed by atoms with Crippen LogP contribution in [0.5, 0.6) is 0 Å². The Morgan fingerprint density at radius 3 is 2.59 bits per heavy atom. The van der Waals surface area contributed by atoms with Gasteiger partial charge in [0.1, 0.15) is 0 Å². The van der Waals surface area contributed by atoms with Gasteiger partial charge in [0.2, 0.25) is 5.91 Å². The van der Waals surface area contributed by atoms with E-state index in [1.807, 2.05) is 24.3 Å². The molecule has 1 heterocycles. The largest absolute Gasteiger partial charge is 0.383 e. The summed E-state index contributed by atoms with van der Waals surface area (Å²) in [4.78, 5) is 12.0. The molecule has 0 radical (unpaired) electrons. The standard InChI is InChI=1S/C21H31ClN4O2S/c1-3-4-5-6-7-8-14-26-20(17-9-11-18(22)12-10-17)24-25-21(26)29-16-19(27)23-13-15-28-2/h9-12H,3-8,13-16H2,1-2H3,(H,23,27). The minimum absolute atomic E-state index is 0.0331. The van der Waals surface area contributed by atoms with Crippen molar-refractivity contribution in [3.63, 3.8) is 0 Å². The number of rotatable bonds is 14. The molecular weight excluding hydrogens is 408 g/mol. The number of carbonyl (C=O) groups is 1. The van der Waals surface area contributed by atoms with Crippen molar-refractivity contribution in [1.82, 2.24) is 20.1 Å². The van der Waals surface area contributed by atoms with E-state index in [1.54, 1.807) is 7.11 Å². The average Bonchev–Trinajstić information content (AvgIpc) is 3.12. The van der Waals surface area contributed by atoms with Crippen LogP contribution in [0.4, 0.5) is 0 Å². The molecule has 0 bridgehead atoms. The normalized spacial score (nSPS) is 11.0. The van der Waals surface area contributed by atoms with Gasteiger partial charge in [0, 0.05) is 30.8 Å². The van der Waals surface area contributed by atoms with Crippen LogP contribution in [-0.4, -0.2) is 46.7 Å². The van der Waals surface area contributed by atoms with E-state index in [9.17, 15) is 4.79 Å². The molecular formula is C21H31ClN4O2S. The van der Waals surface area contributed by atoms with Crippen molar-refractivity contribution in [1.29, 1.82) is 0 Å². The van der Waals surface area contributed by atoms with E-state index in [0.29, 0.717) is 23.9 Å². The molecule has 2 aromatic rings. The summed E-state index contributed by atoms with van der Waals surface area (Å²) in [6, 6.07) is 7.62. The van der Waals surface area contributed by atoms with Gasteiger partial charge in [-0.3, -0.25) is 4.79 Å². The van der Waals surface area contributed by atoms with Crippen molar-refractivity contribution in [2.24, 2.45) is 0 Å². The summed E-state index contributed by atoms with van der Waals surface area (Å²) in [5, 5.41) is 13.0. The number of ether oxygens (including phenoxy) is 1. The van der Waals surface area contributed by atoms with Gasteiger partial charge in [-0.25, -0.2) is 0 Å². The van der Waals surface area contributed by atoms with Gasteiger partial charge in [-0.2, -0.15) is 0 Å². The lowest BCUT2D eigenvalue weighted by Gasteiger charge is -2.10. The molecule has 160 valence electrons. The minimum atomic E-state index is -0.0331. The highest BCUT2D eigenvalue weighted by atomic mass is 35.5. The number of nitrogens with zero attached hydrogens (tertiary/aromatic N) is 3. The van der Waals surface area contributed by atoms with Gasteiger partial charge >= 0.3 is 0 Å². The fourth-order valence-corrected chi connectivity index (χ4v) is 3.85. The third-order valence-corrected chi connectivity index (χ3v) is 5.73. The van der Waals surface area contributed by atoms with Gasteiger partial charge in [0.05, 0.1) is 12.4 Å². The lowest BCUT2D eigenvalue weighted by atomic mass is 10.1. The molecule has 0 saturated carbocycles. The Balaban J connectivity index is 2.02. The number of hydrogen-bond acceptors (Lipinski definition) is 5. The summed E-state index contributed by atoms with van der Waals surface area (Å²) in [6.07, 6.45) is 7.32. The van der Waals surface area contributed by atoms with Crippen molar-refractivity contribution < 1.29 is 9.53 Å². The molecule has 0 aliphatic rings. The summed E-state index contributed by atoms with van der Waals surface area (Å²) in [5.74, 6) is 1.09. The molecule has 1 aromatic carbocycles. The second-order valence-electron chi connectivity index (χ2n) is 6.86. The van der Waals surface area contributed by atoms with Crippen LogP contribution in [0, 0.1) is 0 Å². The minimum Gasteiger partial charge on any atom is -0.383 e. The maximum atomic E-state index is 12.0. The first kappa shape index (κ1) is 23.7. The Hall–Kier alpha value is -1.57. The molecule has 8 heteroatoms. The highest BCUT2D eigenvalue weighted by Gasteiger charge is 2.15. The highest BCUT2D eigenvalue weighted by Crippen LogP contribution is 2.26. The fourth-order valence-electron chi connectivity index (χ4n) is 2.93. The molecule has 1 aromatic heterocycles. The molecule has 2 rings (SSSR count). The van der Waals surface area contributed by atoms with E-state index < -0.39 is 0 Å². The quantitative estimate of drug-likeness (QED) is 0.338. The van der Waals surface area contributed by atoms with Gasteiger partial charge in [0.25, 0.3) is 0 Å². The number of benzene rings is 1. The molecule has 0 saturated heterocycles. The summed E-state index contributed by atoms with van der Waals surface area (Å²) in [5.41, 5.74) is 0.976. The molecule has 0 aliphatic carbocycles. The van der Waals surface area contributed by atoms with E-state index in [0.717, 1.165) is 29.5 Å². The SMILES string of the molecule is CCCCCCCCn1c(SCC(=O)NCCOC)nnc1-c1ccc(Cl)cc1. The molecule has 1 N–H and O–H groups in total. The van der Waals surface area contributed by atoms with Crippen LogP contribution in [0.25, 0.3) is 11.4 Å². The van der Waals surface area contributed by atoms with Gasteiger partial charge in [-0.15, -0.1) is 10.2 Å². The third kappa shape index (κ3) is 8.36. The molecule has 0 aliphatic heterocycles. The second-order valence-corrected chi connectivity index (χ2v) is 8.24. The number of unbranched alkanes of at least 4 members (excludes halogenated alkanes) is 5. The third-order valence-electron chi connectivity index (χ3n) is 4.52. The zero-order valence-electron chi connectivity index (χ0n) is 17.3. The fraction of sp³-hybridized carbons (Fsp3) is 0.571. The van der Waals surface area contributed by atoms with Crippen LogP contribution < -0.4 is 5.32 Å². The van der Waals surface area contributed by atoms with Crippen LogP contribution >= 0.6 is 23.4 Å². The Kier molecular flexibility index (Phi) is 11.1. The Morgan fingerprint density at radius 1 is 1.14 bits per heavy atom. The Bertz CT molecular complexity index is 737. The summed E-state index contributed by atoms with van der Waals surface area (Å²) >= 11 is 7.44. The number of thioether (sulfide) groups is 1. The molecule has 6 nitrogen and oxygen atoms in total. The van der Waals surface area contributed by atoms with Crippen molar-refractivity contribution in [2.45, 2.75) is 57.1 Å². The maximum Gasteiger partial charge on any atom is 0.230 e. The zero-order chi connectivity index (χ0) is 20.9. The lowest BCUT2D eigenvalue weighted by Crippen LogP contribution is -2.28. The van der Waals surface area contributed by atoms with Crippen molar-refractivity contribution in [3.05, 3.63) is 29.3 Å². The van der Waals surface area contributed by atoms with Gasteiger partial charge in [0.15, 0.2) is 11.0 Å². The van der Waals surface area contributed by atoms with Crippen LogP contribution in [-0.2, 0) is 16.1 Å². The molecule has 0 spiro atoms. The molecule has 0 atom stereocenters. The highest BCUT2D eigenvalue weighted by molar-refractivity contribution is 7.99. The smallest absolute Gasteiger partial charge is 0.230 e. The Morgan fingerprint density at radius 2 is 1.86 bits per heavy atom. The van der Waals surface area contributed by atoms with Crippen LogP contribution in [0.1, 0.15) is 45.4 Å². The van der Waals surface area contributed by atoms with Crippen LogP contribution in [0.3, 0.4) is 0 Å². The number of methoxy groups -OCH3 is 1. The van der Waals surface area contributed by atoms with Crippen LogP contribution in [0.15, 0.2) is 29.4 Å². The monoisotopic (exact) mass is 438 g/mol. The van der Waals surface area contributed by atoms with E-state index in [1.165, 1.54) is 43.9 Å². The molecule has 1 amide bonds. The van der Waals surface area contributed by atoms with Crippen molar-refractivity contribution in [2.75, 3.05) is 26.0 Å². The number of carbonyl (C=O) groups excluding carboxylic acids is 1. The number of halogens is 1. The number of hydrogen-bond donors (Lipinski definition) is 1. The molecule has 0 fully saturated rings. The first-order chi connectivity index (χ1) is 14.2. The van der Waals surface area contributed by atoms with E-state index in [4.69, 9.17) is 16.3 Å². The molecule has 29 heavy (non-hydrogen) atoms. The number of amides is 1. The van der Waals surface area contributed by atoms with Gasteiger partial charge < -0.3 is 14.6 Å². The van der Waals surface area contributed by atoms with E-state index in [-0.39, 0.29) is 5.91 Å². The topological polar surface area (TPSA) is 69.0 Å². The van der Waals surface area contributed by atoms with Crippen LogP contribution in [0.2, 0.25) is 5.02 Å². The zero-order valence-corrected chi connectivity index (χ0v) is 18.9. The van der Waals surface area contributed by atoms with Crippen molar-refractivity contribution >= 4 is 29.3 Å². The first-order valence-corrected chi connectivity index (χ1v) is 11.6. The van der Waals surface area contributed by atoms with E-state index in [2.05, 4.69) is 27.0 Å². The van der Waals surface area contributed by atoms with Gasteiger partial charge in [-0.1, -0.05) is 62.4 Å². The summed E-state index contributed by atoms with van der Waals surface area (Å²) < 4.78 is 7.08. The van der Waals surface area contributed by atoms with Crippen molar-refractivity contribution in [3.8, 4) is 11.4 Å². The predicted molar refractivity (Wildman–Crippen MR) is 119 cm³/mol. The number of aromatic nitrogens is 3. The van der Waals surface area contributed by atoms with E-state index >= 15 is 0 Å². The number of nitrogens with one attached hydrogen (secondary N) is 1. The lowest BCUT2D eigenvalue weighted by molar-refractivity contribution is -0.118. The Labute approximate surface area is 182 Å². The maximum absolute atomic E-state index is 12.0. The predicted octanol–water partition coefficient (Wildman–Crippen LogP) is 4.81. The molecule has 0 unspecified atom stereocenters.